The van der Waals surface area contributed by atoms with Gasteiger partial charge in [-0.25, -0.2) is 4.98 Å². The molecular formula is C10H14F3N3OS. The molecule has 0 aliphatic carbocycles. The highest BCUT2D eigenvalue weighted by Gasteiger charge is 2.34. The summed E-state index contributed by atoms with van der Waals surface area (Å²) in [6.07, 6.45) is -3.42. The van der Waals surface area contributed by atoms with Gasteiger partial charge in [0.05, 0.1) is 12.8 Å². The van der Waals surface area contributed by atoms with Crippen LogP contribution in [0.5, 0.6) is 0 Å². The van der Waals surface area contributed by atoms with Crippen LogP contribution in [0.2, 0.25) is 0 Å². The molecule has 1 N–H and O–H groups in total. The van der Waals surface area contributed by atoms with E-state index in [1.165, 1.54) is 0 Å². The summed E-state index contributed by atoms with van der Waals surface area (Å²) in [5.41, 5.74) is 0. The number of nitrogens with zero attached hydrogens (tertiary/aromatic N) is 3. The smallest absolute Gasteiger partial charge is 0.395 e. The lowest BCUT2D eigenvalue weighted by molar-refractivity contribution is -0.134. The molecule has 2 rings (SSSR count). The summed E-state index contributed by atoms with van der Waals surface area (Å²) in [7, 11) is 0. The summed E-state index contributed by atoms with van der Waals surface area (Å²) in [5, 5.41) is 9.23. The largest absolute Gasteiger partial charge is 0.427 e. The highest BCUT2D eigenvalue weighted by atomic mass is 32.1. The highest BCUT2D eigenvalue weighted by Crippen LogP contribution is 2.36. The summed E-state index contributed by atoms with van der Waals surface area (Å²) in [6.45, 7) is 3.48. The van der Waals surface area contributed by atoms with Crippen LogP contribution in [0.15, 0.2) is 6.20 Å². The van der Waals surface area contributed by atoms with Crippen LogP contribution in [0.25, 0.3) is 0 Å². The quantitative estimate of drug-likeness (QED) is 0.906. The van der Waals surface area contributed by atoms with Gasteiger partial charge in [0.1, 0.15) is 4.88 Å². The van der Waals surface area contributed by atoms with E-state index < -0.39 is 11.1 Å². The van der Waals surface area contributed by atoms with Gasteiger partial charge >= 0.3 is 6.18 Å². The number of hydrogen-bond acceptors (Lipinski definition) is 5. The molecule has 0 amide bonds. The molecule has 8 heteroatoms. The van der Waals surface area contributed by atoms with Crippen LogP contribution in [-0.2, 0) is 6.18 Å². The predicted octanol–water partition coefficient (Wildman–Crippen LogP) is 1.28. The summed E-state index contributed by atoms with van der Waals surface area (Å²) < 4.78 is 37.3. The number of halogens is 3. The minimum Gasteiger partial charge on any atom is -0.395 e. The fourth-order valence-electron chi connectivity index (χ4n) is 1.85. The molecule has 102 valence electrons. The summed E-state index contributed by atoms with van der Waals surface area (Å²) >= 11 is 0.683. The maximum Gasteiger partial charge on any atom is 0.427 e. The van der Waals surface area contributed by atoms with E-state index in [1.807, 2.05) is 4.90 Å². The molecule has 0 spiro atoms. The number of hydrogen-bond donors (Lipinski definition) is 1. The number of aliphatic hydroxyl groups excluding tert-OH is 1. The average molecular weight is 281 g/mol. The molecule has 0 bridgehead atoms. The van der Waals surface area contributed by atoms with Crippen molar-refractivity contribution in [1.29, 1.82) is 0 Å². The van der Waals surface area contributed by atoms with Crippen molar-refractivity contribution in [3.63, 3.8) is 0 Å². The van der Waals surface area contributed by atoms with Gasteiger partial charge in [-0.1, -0.05) is 11.3 Å². The van der Waals surface area contributed by atoms with Crippen LogP contribution in [0.3, 0.4) is 0 Å². The van der Waals surface area contributed by atoms with Crippen molar-refractivity contribution in [2.45, 2.75) is 6.18 Å². The van der Waals surface area contributed by atoms with E-state index in [0.29, 0.717) is 36.1 Å². The van der Waals surface area contributed by atoms with Crippen molar-refractivity contribution in [2.24, 2.45) is 0 Å². The molecule has 0 aromatic carbocycles. The van der Waals surface area contributed by atoms with E-state index in [9.17, 15) is 13.2 Å². The van der Waals surface area contributed by atoms with Crippen molar-refractivity contribution in [3.05, 3.63) is 11.1 Å². The van der Waals surface area contributed by atoms with E-state index >= 15 is 0 Å². The molecule has 4 nitrogen and oxygen atoms in total. The van der Waals surface area contributed by atoms with Crippen LogP contribution in [0.1, 0.15) is 4.88 Å². The second kappa shape index (κ2) is 5.41. The van der Waals surface area contributed by atoms with Crippen LogP contribution in [-0.4, -0.2) is 54.3 Å². The third-order valence-electron chi connectivity index (χ3n) is 2.83. The van der Waals surface area contributed by atoms with Crippen molar-refractivity contribution >= 4 is 16.5 Å². The van der Waals surface area contributed by atoms with Crippen molar-refractivity contribution in [3.8, 4) is 0 Å². The Kier molecular flexibility index (Phi) is 4.08. The lowest BCUT2D eigenvalue weighted by atomic mass is 10.3. The van der Waals surface area contributed by atoms with Crippen molar-refractivity contribution < 1.29 is 18.3 Å². The van der Waals surface area contributed by atoms with E-state index in [4.69, 9.17) is 5.11 Å². The SMILES string of the molecule is OCCN1CCN(c2ncc(C(F)(F)F)s2)CC1. The third kappa shape index (κ3) is 3.12. The zero-order valence-corrected chi connectivity index (χ0v) is 10.5. The summed E-state index contributed by atoms with van der Waals surface area (Å²) in [4.78, 5) is 7.11. The molecule has 1 aliphatic heterocycles. The van der Waals surface area contributed by atoms with E-state index in [-0.39, 0.29) is 6.61 Å². The fraction of sp³-hybridized carbons (Fsp3) is 0.700. The monoisotopic (exact) mass is 281 g/mol. The van der Waals surface area contributed by atoms with Crippen molar-refractivity contribution in [1.82, 2.24) is 9.88 Å². The molecule has 1 aromatic rings. The van der Waals surface area contributed by atoms with Crippen molar-refractivity contribution in [2.75, 3.05) is 44.2 Å². The number of piperazine rings is 1. The highest BCUT2D eigenvalue weighted by molar-refractivity contribution is 7.15. The van der Waals surface area contributed by atoms with E-state index in [2.05, 4.69) is 9.88 Å². The van der Waals surface area contributed by atoms with E-state index in [1.54, 1.807) is 0 Å². The number of rotatable bonds is 3. The summed E-state index contributed by atoms with van der Waals surface area (Å²) in [5.74, 6) is 0. The molecule has 0 unspecified atom stereocenters. The topological polar surface area (TPSA) is 39.6 Å². The average Bonchev–Trinajstić information content (AvgIpc) is 2.79. The second-order valence-electron chi connectivity index (χ2n) is 4.06. The number of alkyl halides is 3. The Morgan fingerprint density at radius 1 is 1.28 bits per heavy atom. The molecule has 1 aromatic heterocycles. The van der Waals surface area contributed by atoms with Crippen LogP contribution in [0, 0.1) is 0 Å². The molecular weight excluding hydrogens is 267 g/mol. The normalized spacial score (nSPS) is 18.3. The van der Waals surface area contributed by atoms with Gasteiger partial charge in [0, 0.05) is 32.7 Å². The molecule has 0 atom stereocenters. The Bertz CT molecular complexity index is 388. The number of aromatic nitrogens is 1. The molecule has 1 fully saturated rings. The molecule has 18 heavy (non-hydrogen) atoms. The van der Waals surface area contributed by atoms with Gasteiger partial charge in [-0.15, -0.1) is 0 Å². The Balaban J connectivity index is 1.95. The lowest BCUT2D eigenvalue weighted by Crippen LogP contribution is -2.47. The minimum absolute atomic E-state index is 0.107. The molecule has 0 radical (unpaired) electrons. The molecule has 0 saturated carbocycles. The molecule has 1 saturated heterocycles. The number of thiazole rings is 1. The van der Waals surface area contributed by atoms with E-state index in [0.717, 1.165) is 19.3 Å². The van der Waals surface area contributed by atoms with Gasteiger partial charge in [0.15, 0.2) is 5.13 Å². The standard InChI is InChI=1S/C10H14F3N3OS/c11-10(12,13)8-7-14-9(18-8)16-3-1-15(2-4-16)5-6-17/h7,17H,1-6H2. The first-order chi connectivity index (χ1) is 8.50. The Morgan fingerprint density at radius 3 is 2.44 bits per heavy atom. The van der Waals surface area contributed by atoms with Gasteiger partial charge in [-0.2, -0.15) is 13.2 Å². The number of β-amino-alcohol motifs (C(OH)–C–C–N with tert-alkyl or cyclic N) is 1. The van der Waals surface area contributed by atoms with Gasteiger partial charge in [-0.3, -0.25) is 4.90 Å². The summed E-state index contributed by atoms with van der Waals surface area (Å²) in [6, 6.07) is 0. The van der Waals surface area contributed by atoms with Crippen LogP contribution >= 0.6 is 11.3 Å². The number of aliphatic hydroxyl groups is 1. The molecule has 1 aliphatic rings. The van der Waals surface area contributed by atoms with Crippen LogP contribution in [0.4, 0.5) is 18.3 Å². The molecule has 2 heterocycles. The Hall–Kier alpha value is -0.860. The fourth-order valence-corrected chi connectivity index (χ4v) is 2.68. The first-order valence-electron chi connectivity index (χ1n) is 5.62. The maximum atomic E-state index is 12.4. The van der Waals surface area contributed by atoms with Crippen LogP contribution < -0.4 is 4.90 Å². The first-order valence-corrected chi connectivity index (χ1v) is 6.43. The Labute approximate surface area is 107 Å². The second-order valence-corrected chi connectivity index (χ2v) is 5.07. The third-order valence-corrected chi connectivity index (χ3v) is 3.93. The van der Waals surface area contributed by atoms with Gasteiger partial charge in [0.2, 0.25) is 0 Å². The number of anilines is 1. The predicted molar refractivity (Wildman–Crippen MR) is 62.9 cm³/mol. The zero-order chi connectivity index (χ0) is 13.2. The van der Waals surface area contributed by atoms with Gasteiger partial charge in [0.25, 0.3) is 0 Å². The Morgan fingerprint density at radius 2 is 1.94 bits per heavy atom. The lowest BCUT2D eigenvalue weighted by Gasteiger charge is -2.34. The van der Waals surface area contributed by atoms with Gasteiger partial charge < -0.3 is 10.0 Å². The van der Waals surface area contributed by atoms with Gasteiger partial charge in [-0.05, 0) is 0 Å². The zero-order valence-electron chi connectivity index (χ0n) is 9.65. The minimum atomic E-state index is -4.31. The first kappa shape index (κ1) is 13.6. The maximum absolute atomic E-state index is 12.4.